The first-order chi connectivity index (χ1) is 11.3. The molecular formula is C18H29N5. The minimum Gasteiger partial charge on any atom is -0.354 e. The molecule has 3 aliphatic rings. The van der Waals surface area contributed by atoms with Gasteiger partial charge in [-0.25, -0.2) is 9.97 Å². The van der Waals surface area contributed by atoms with Gasteiger partial charge in [0.15, 0.2) is 0 Å². The third-order valence-corrected chi connectivity index (χ3v) is 5.99. The number of rotatable bonds is 5. The summed E-state index contributed by atoms with van der Waals surface area (Å²) in [5.41, 5.74) is 1.14. The Morgan fingerprint density at radius 2 is 1.96 bits per heavy atom. The number of aryl methyl sites for hydroxylation is 1. The number of likely N-dealkylation sites (tertiary alicyclic amines) is 1. The molecular weight excluding hydrogens is 286 g/mol. The number of piperazine rings is 1. The van der Waals surface area contributed by atoms with Gasteiger partial charge >= 0.3 is 0 Å². The summed E-state index contributed by atoms with van der Waals surface area (Å²) in [4.78, 5) is 16.6. The van der Waals surface area contributed by atoms with Crippen molar-refractivity contribution in [1.29, 1.82) is 0 Å². The van der Waals surface area contributed by atoms with Gasteiger partial charge in [0, 0.05) is 63.6 Å². The maximum Gasteiger partial charge on any atom is 0.132 e. The number of piperidine rings is 1. The van der Waals surface area contributed by atoms with Crippen LogP contribution in [-0.4, -0.2) is 71.6 Å². The summed E-state index contributed by atoms with van der Waals surface area (Å²) in [5.74, 6) is 2.12. The SMILES string of the molecule is CCc1cc(N2CCN(CCN3C[C@H]4CC[C@@H]3C4)CC2)ncn1. The lowest BCUT2D eigenvalue weighted by molar-refractivity contribution is 0.167. The fourth-order valence-corrected chi connectivity index (χ4v) is 4.52. The number of hydrogen-bond acceptors (Lipinski definition) is 5. The molecule has 23 heavy (non-hydrogen) atoms. The lowest BCUT2D eigenvalue weighted by Crippen LogP contribution is -2.49. The van der Waals surface area contributed by atoms with Gasteiger partial charge in [0.1, 0.15) is 12.1 Å². The summed E-state index contributed by atoms with van der Waals surface area (Å²) in [6.45, 7) is 10.5. The molecule has 2 atom stereocenters. The van der Waals surface area contributed by atoms with Crippen LogP contribution in [0.4, 0.5) is 5.82 Å². The maximum atomic E-state index is 4.46. The largest absolute Gasteiger partial charge is 0.354 e. The van der Waals surface area contributed by atoms with Gasteiger partial charge in [0.05, 0.1) is 0 Å². The molecule has 5 nitrogen and oxygen atoms in total. The van der Waals surface area contributed by atoms with Crippen molar-refractivity contribution < 1.29 is 0 Å². The average Bonchev–Trinajstić information content (AvgIpc) is 3.23. The molecule has 1 aliphatic carbocycles. The lowest BCUT2D eigenvalue weighted by Gasteiger charge is -2.37. The van der Waals surface area contributed by atoms with Crippen molar-refractivity contribution >= 4 is 5.82 Å². The van der Waals surface area contributed by atoms with E-state index in [-0.39, 0.29) is 0 Å². The maximum absolute atomic E-state index is 4.46. The van der Waals surface area contributed by atoms with Gasteiger partial charge in [-0.05, 0) is 31.6 Å². The topological polar surface area (TPSA) is 35.5 Å². The van der Waals surface area contributed by atoms with E-state index in [9.17, 15) is 0 Å². The van der Waals surface area contributed by atoms with Crippen LogP contribution in [0.5, 0.6) is 0 Å². The first-order valence-electron chi connectivity index (χ1n) is 9.34. The molecule has 0 aromatic carbocycles. The molecule has 0 unspecified atom stereocenters. The monoisotopic (exact) mass is 315 g/mol. The smallest absolute Gasteiger partial charge is 0.132 e. The normalized spacial score (nSPS) is 28.7. The average molecular weight is 315 g/mol. The van der Waals surface area contributed by atoms with Crippen molar-refractivity contribution in [1.82, 2.24) is 19.8 Å². The number of aromatic nitrogens is 2. The molecule has 0 N–H and O–H groups in total. The number of nitrogens with zero attached hydrogens (tertiary/aromatic N) is 5. The third kappa shape index (κ3) is 3.36. The summed E-state index contributed by atoms with van der Waals surface area (Å²) >= 11 is 0. The first kappa shape index (κ1) is 15.3. The molecule has 4 rings (SSSR count). The lowest BCUT2D eigenvalue weighted by atomic mass is 10.1. The second-order valence-electron chi connectivity index (χ2n) is 7.38. The van der Waals surface area contributed by atoms with Crippen LogP contribution >= 0.6 is 0 Å². The fraction of sp³-hybridized carbons (Fsp3) is 0.778. The van der Waals surface area contributed by atoms with Crippen LogP contribution < -0.4 is 4.90 Å². The second-order valence-corrected chi connectivity index (χ2v) is 7.38. The molecule has 0 radical (unpaired) electrons. The van der Waals surface area contributed by atoms with Crippen LogP contribution in [0.1, 0.15) is 31.9 Å². The Balaban J connectivity index is 1.24. The highest BCUT2D eigenvalue weighted by atomic mass is 15.3. The summed E-state index contributed by atoms with van der Waals surface area (Å²) < 4.78 is 0. The third-order valence-electron chi connectivity index (χ3n) is 5.99. The van der Waals surface area contributed by atoms with Gasteiger partial charge in [0.2, 0.25) is 0 Å². The van der Waals surface area contributed by atoms with E-state index in [2.05, 4.69) is 37.7 Å². The van der Waals surface area contributed by atoms with E-state index < -0.39 is 0 Å². The van der Waals surface area contributed by atoms with Crippen molar-refractivity contribution in [3.63, 3.8) is 0 Å². The Kier molecular flexibility index (Phi) is 4.49. The quantitative estimate of drug-likeness (QED) is 0.825. The summed E-state index contributed by atoms with van der Waals surface area (Å²) in [5, 5.41) is 0. The van der Waals surface area contributed by atoms with Crippen molar-refractivity contribution in [2.24, 2.45) is 5.92 Å². The molecule has 1 saturated carbocycles. The second kappa shape index (κ2) is 6.73. The van der Waals surface area contributed by atoms with Crippen molar-refractivity contribution in [3.05, 3.63) is 18.1 Å². The summed E-state index contributed by atoms with van der Waals surface area (Å²) in [6.07, 6.45) is 7.10. The Bertz CT molecular complexity index is 526. The van der Waals surface area contributed by atoms with Crippen LogP contribution in [-0.2, 0) is 6.42 Å². The van der Waals surface area contributed by atoms with E-state index in [4.69, 9.17) is 0 Å². The Hall–Kier alpha value is -1.20. The molecule has 3 fully saturated rings. The predicted molar refractivity (Wildman–Crippen MR) is 92.8 cm³/mol. The molecule has 126 valence electrons. The van der Waals surface area contributed by atoms with E-state index >= 15 is 0 Å². The molecule has 1 aromatic heterocycles. The standard InChI is InChI=1S/C18H29N5/c1-2-16-12-18(20-14-19-16)22-8-5-21(6-9-22)7-10-23-13-15-3-4-17(23)11-15/h12,14-15,17H,2-11,13H2,1H3/t15-,17+/m0/s1. The molecule has 0 amide bonds. The molecule has 5 heteroatoms. The van der Waals surface area contributed by atoms with E-state index in [0.29, 0.717) is 0 Å². The van der Waals surface area contributed by atoms with Crippen LogP contribution in [0.15, 0.2) is 12.4 Å². The first-order valence-corrected chi connectivity index (χ1v) is 9.34. The zero-order chi connectivity index (χ0) is 15.6. The van der Waals surface area contributed by atoms with E-state index in [1.807, 2.05) is 0 Å². The minimum atomic E-state index is 0.912. The van der Waals surface area contributed by atoms with Crippen molar-refractivity contribution in [2.45, 2.75) is 38.6 Å². The van der Waals surface area contributed by atoms with Gasteiger partial charge in [-0.1, -0.05) is 6.92 Å². The fourth-order valence-electron chi connectivity index (χ4n) is 4.52. The van der Waals surface area contributed by atoms with Crippen LogP contribution in [0, 0.1) is 5.92 Å². The van der Waals surface area contributed by atoms with E-state index in [1.54, 1.807) is 6.33 Å². The van der Waals surface area contributed by atoms with Gasteiger partial charge < -0.3 is 4.90 Å². The van der Waals surface area contributed by atoms with Gasteiger partial charge in [-0.15, -0.1) is 0 Å². The van der Waals surface area contributed by atoms with Crippen molar-refractivity contribution in [2.75, 3.05) is 50.7 Å². The Morgan fingerprint density at radius 3 is 2.65 bits per heavy atom. The summed E-state index contributed by atoms with van der Waals surface area (Å²) in [7, 11) is 0. The van der Waals surface area contributed by atoms with Crippen LogP contribution in [0.3, 0.4) is 0 Å². The van der Waals surface area contributed by atoms with E-state index in [0.717, 1.165) is 56.1 Å². The van der Waals surface area contributed by atoms with Gasteiger partial charge in [-0.3, -0.25) is 9.80 Å². The Labute approximate surface area is 139 Å². The zero-order valence-corrected chi connectivity index (χ0v) is 14.3. The highest BCUT2D eigenvalue weighted by molar-refractivity contribution is 5.39. The number of fused-ring (bicyclic) bond motifs is 2. The Morgan fingerprint density at radius 1 is 1.09 bits per heavy atom. The minimum absolute atomic E-state index is 0.912. The molecule has 0 spiro atoms. The molecule has 2 aliphatic heterocycles. The zero-order valence-electron chi connectivity index (χ0n) is 14.3. The van der Waals surface area contributed by atoms with E-state index in [1.165, 1.54) is 38.9 Å². The van der Waals surface area contributed by atoms with Gasteiger partial charge in [-0.2, -0.15) is 0 Å². The van der Waals surface area contributed by atoms with Crippen LogP contribution in [0.25, 0.3) is 0 Å². The summed E-state index contributed by atoms with van der Waals surface area (Å²) in [6, 6.07) is 3.06. The van der Waals surface area contributed by atoms with Crippen molar-refractivity contribution in [3.8, 4) is 0 Å². The molecule has 3 heterocycles. The molecule has 1 aromatic rings. The predicted octanol–water partition coefficient (Wildman–Crippen LogP) is 1.65. The number of anilines is 1. The van der Waals surface area contributed by atoms with Crippen LogP contribution in [0.2, 0.25) is 0 Å². The molecule has 2 saturated heterocycles. The molecule has 2 bridgehead atoms. The van der Waals surface area contributed by atoms with Gasteiger partial charge in [0.25, 0.3) is 0 Å². The highest BCUT2D eigenvalue weighted by Crippen LogP contribution is 2.36. The highest BCUT2D eigenvalue weighted by Gasteiger charge is 2.37. The number of hydrogen-bond donors (Lipinski definition) is 0.